The Balaban J connectivity index is 1.32. The van der Waals surface area contributed by atoms with Crippen molar-refractivity contribution in [2.45, 2.75) is 57.5 Å². The predicted molar refractivity (Wildman–Crippen MR) is 172 cm³/mol. The molecule has 1 amide bonds. The zero-order chi connectivity index (χ0) is 31.6. The second-order valence-electron chi connectivity index (χ2n) is 11.5. The number of ether oxygens (including phenoxy) is 2. The first-order valence-electron chi connectivity index (χ1n) is 15.3. The monoisotopic (exact) mass is 608 g/mol. The van der Waals surface area contributed by atoms with E-state index in [0.29, 0.717) is 13.0 Å². The second kappa shape index (κ2) is 15.6. The van der Waals surface area contributed by atoms with Gasteiger partial charge in [0.05, 0.1) is 25.2 Å². The van der Waals surface area contributed by atoms with Crippen LogP contribution in [0.1, 0.15) is 59.5 Å². The number of hydrogen-bond acceptors (Lipinski definition) is 6. The molecule has 0 aliphatic carbocycles. The van der Waals surface area contributed by atoms with Gasteiger partial charge in [-0.05, 0) is 52.6 Å². The number of aliphatic hydroxyl groups excluding tert-OH is 1. The van der Waals surface area contributed by atoms with E-state index < -0.39 is 12.3 Å². The molecule has 0 bridgehead atoms. The molecular formula is C37H40N2O6. The Bertz CT molecular complexity index is 1560. The van der Waals surface area contributed by atoms with Gasteiger partial charge in [-0.3, -0.25) is 14.5 Å². The fraction of sp³-hybridized carbons (Fsp3) is 0.297. The Morgan fingerprint density at radius 1 is 0.800 bits per heavy atom. The Morgan fingerprint density at radius 3 is 2.24 bits per heavy atom. The van der Waals surface area contributed by atoms with Crippen molar-refractivity contribution in [3.8, 4) is 11.1 Å². The van der Waals surface area contributed by atoms with Crippen LogP contribution in [0.15, 0.2) is 103 Å². The van der Waals surface area contributed by atoms with E-state index in [2.05, 4.69) is 47.6 Å². The molecule has 1 aliphatic heterocycles. The van der Waals surface area contributed by atoms with Gasteiger partial charge < -0.3 is 25.0 Å². The number of carboxylic acids is 1. The summed E-state index contributed by atoms with van der Waals surface area (Å²) < 4.78 is 13.2. The van der Waals surface area contributed by atoms with Crippen molar-refractivity contribution in [1.82, 2.24) is 10.2 Å². The molecule has 0 saturated carbocycles. The average Bonchev–Trinajstić information content (AvgIpc) is 3.07. The number of amides is 1. The molecule has 1 aliphatic rings. The van der Waals surface area contributed by atoms with Gasteiger partial charge in [0.15, 0.2) is 6.29 Å². The zero-order valence-electron chi connectivity index (χ0n) is 25.5. The summed E-state index contributed by atoms with van der Waals surface area (Å²) in [5.74, 6) is -1.28. The largest absolute Gasteiger partial charge is 0.481 e. The molecule has 0 unspecified atom stereocenters. The molecule has 0 radical (unpaired) electrons. The highest BCUT2D eigenvalue weighted by Crippen LogP contribution is 2.39. The average molecular weight is 609 g/mol. The van der Waals surface area contributed by atoms with E-state index in [9.17, 15) is 14.7 Å². The van der Waals surface area contributed by atoms with Crippen LogP contribution < -0.4 is 5.32 Å². The van der Waals surface area contributed by atoms with Gasteiger partial charge >= 0.3 is 5.97 Å². The predicted octanol–water partition coefficient (Wildman–Crippen LogP) is 6.00. The molecule has 234 valence electrons. The van der Waals surface area contributed by atoms with Crippen LogP contribution in [0, 0.1) is 0 Å². The van der Waals surface area contributed by atoms with E-state index in [1.54, 1.807) is 0 Å². The van der Waals surface area contributed by atoms with E-state index in [4.69, 9.17) is 14.6 Å². The Labute approximate surface area is 264 Å². The molecule has 4 aromatic rings. The standard InChI is InChI=1S/C37H40N2O6/c1-39(23-26-7-3-2-4-8-26)24-33-21-34(29-15-13-27(25-40)14-16-29)45-37(44-33)32-12-6-11-31(20-32)30-10-5-9-28(19-30)22-38-35(41)17-18-36(42)43/h2-16,19-20,33-34,37,40H,17-18,21-25H2,1H3,(H,38,41)(H,42,43)/t33-,34+,37+/m1/s1. The Kier molecular flexibility index (Phi) is 11.1. The number of hydrogen-bond donors (Lipinski definition) is 3. The van der Waals surface area contributed by atoms with Crippen LogP contribution in [0.5, 0.6) is 0 Å². The summed E-state index contributed by atoms with van der Waals surface area (Å²) in [6, 6.07) is 34.3. The zero-order valence-corrected chi connectivity index (χ0v) is 25.5. The van der Waals surface area contributed by atoms with E-state index in [0.717, 1.165) is 46.5 Å². The van der Waals surface area contributed by atoms with E-state index in [1.165, 1.54) is 5.56 Å². The lowest BCUT2D eigenvalue weighted by atomic mass is 9.98. The molecule has 5 rings (SSSR count). The van der Waals surface area contributed by atoms with Crippen molar-refractivity contribution < 1.29 is 29.3 Å². The molecule has 0 spiro atoms. The van der Waals surface area contributed by atoms with Gasteiger partial charge in [-0.25, -0.2) is 0 Å². The van der Waals surface area contributed by atoms with Crippen LogP contribution in [0.4, 0.5) is 0 Å². The first-order valence-corrected chi connectivity index (χ1v) is 15.3. The highest BCUT2D eigenvalue weighted by molar-refractivity contribution is 5.80. The van der Waals surface area contributed by atoms with Gasteiger partial charge in [-0.2, -0.15) is 0 Å². The van der Waals surface area contributed by atoms with Crippen molar-refractivity contribution in [3.63, 3.8) is 0 Å². The number of benzene rings is 4. The number of aliphatic hydroxyl groups is 1. The Morgan fingerprint density at radius 2 is 1.51 bits per heavy atom. The molecule has 1 heterocycles. The maximum atomic E-state index is 12.0. The van der Waals surface area contributed by atoms with Crippen molar-refractivity contribution >= 4 is 11.9 Å². The number of carboxylic acid groups (broad SMARTS) is 1. The van der Waals surface area contributed by atoms with Gasteiger partial charge in [-0.15, -0.1) is 0 Å². The Hall–Kier alpha value is -4.34. The number of rotatable bonds is 13. The van der Waals surface area contributed by atoms with Gasteiger partial charge in [0.25, 0.3) is 0 Å². The van der Waals surface area contributed by atoms with Crippen LogP contribution in [0.3, 0.4) is 0 Å². The lowest BCUT2D eigenvalue weighted by molar-refractivity contribution is -0.252. The van der Waals surface area contributed by atoms with Crippen molar-refractivity contribution in [1.29, 1.82) is 0 Å². The van der Waals surface area contributed by atoms with Gasteiger partial charge in [-0.1, -0.05) is 91.0 Å². The van der Waals surface area contributed by atoms with E-state index in [-0.39, 0.29) is 37.6 Å². The third-order valence-electron chi connectivity index (χ3n) is 7.90. The van der Waals surface area contributed by atoms with Crippen molar-refractivity contribution in [2.24, 2.45) is 0 Å². The molecular weight excluding hydrogens is 568 g/mol. The summed E-state index contributed by atoms with van der Waals surface area (Å²) in [6.45, 7) is 1.86. The summed E-state index contributed by atoms with van der Waals surface area (Å²) in [5.41, 5.74) is 6.95. The number of nitrogens with one attached hydrogen (secondary N) is 1. The van der Waals surface area contributed by atoms with Gasteiger partial charge in [0, 0.05) is 38.0 Å². The highest BCUT2D eigenvalue weighted by atomic mass is 16.7. The number of carbonyl (C=O) groups is 2. The summed E-state index contributed by atoms with van der Waals surface area (Å²) in [5, 5.41) is 21.1. The SMILES string of the molecule is CN(Cc1ccccc1)C[C@H]1C[C@@H](c2ccc(CO)cc2)O[C@@H](c2cccc(-c3cccc(CNC(=O)CCC(=O)O)c3)c2)O1. The van der Waals surface area contributed by atoms with Crippen LogP contribution in [-0.2, 0) is 38.8 Å². The minimum absolute atomic E-state index is 0.00443. The quantitative estimate of drug-likeness (QED) is 0.171. The van der Waals surface area contributed by atoms with E-state index in [1.807, 2.05) is 72.8 Å². The number of likely N-dealkylation sites (N-methyl/N-ethyl adjacent to an activating group) is 1. The maximum absolute atomic E-state index is 12.0. The lowest BCUT2D eigenvalue weighted by Gasteiger charge is -2.38. The molecule has 8 nitrogen and oxygen atoms in total. The molecule has 3 atom stereocenters. The topological polar surface area (TPSA) is 108 Å². The number of nitrogens with zero attached hydrogens (tertiary/aromatic N) is 1. The van der Waals surface area contributed by atoms with Crippen LogP contribution in [0.2, 0.25) is 0 Å². The number of aliphatic carboxylic acids is 1. The normalized spacial score (nSPS) is 18.1. The van der Waals surface area contributed by atoms with Gasteiger partial charge in [0.1, 0.15) is 0 Å². The summed E-state index contributed by atoms with van der Waals surface area (Å²) in [7, 11) is 2.11. The first-order chi connectivity index (χ1) is 21.9. The lowest BCUT2D eigenvalue weighted by Crippen LogP contribution is -2.37. The molecule has 8 heteroatoms. The minimum atomic E-state index is -0.991. The summed E-state index contributed by atoms with van der Waals surface area (Å²) in [6.07, 6.45) is -0.362. The van der Waals surface area contributed by atoms with Crippen LogP contribution in [-0.4, -0.2) is 46.7 Å². The highest BCUT2D eigenvalue weighted by Gasteiger charge is 2.33. The minimum Gasteiger partial charge on any atom is -0.481 e. The molecule has 1 saturated heterocycles. The summed E-state index contributed by atoms with van der Waals surface area (Å²) >= 11 is 0. The summed E-state index contributed by atoms with van der Waals surface area (Å²) in [4.78, 5) is 25.1. The van der Waals surface area contributed by atoms with Crippen LogP contribution in [0.25, 0.3) is 11.1 Å². The first kappa shape index (κ1) is 32.1. The third kappa shape index (κ3) is 9.33. The third-order valence-corrected chi connectivity index (χ3v) is 7.90. The number of carbonyl (C=O) groups excluding carboxylic acids is 1. The van der Waals surface area contributed by atoms with Crippen LogP contribution >= 0.6 is 0 Å². The maximum Gasteiger partial charge on any atom is 0.303 e. The second-order valence-corrected chi connectivity index (χ2v) is 11.5. The molecule has 3 N–H and O–H groups in total. The molecule has 45 heavy (non-hydrogen) atoms. The van der Waals surface area contributed by atoms with Gasteiger partial charge in [0.2, 0.25) is 5.91 Å². The molecule has 0 aromatic heterocycles. The fourth-order valence-electron chi connectivity index (χ4n) is 5.58. The smallest absolute Gasteiger partial charge is 0.303 e. The molecule has 4 aromatic carbocycles. The van der Waals surface area contributed by atoms with Crippen molar-refractivity contribution in [2.75, 3.05) is 13.6 Å². The van der Waals surface area contributed by atoms with Crippen molar-refractivity contribution in [3.05, 3.63) is 131 Å². The van der Waals surface area contributed by atoms with E-state index >= 15 is 0 Å². The molecule has 1 fully saturated rings. The fourth-order valence-corrected chi connectivity index (χ4v) is 5.58.